The lowest BCUT2D eigenvalue weighted by Gasteiger charge is -2.36. The average molecular weight is 578 g/mol. The van der Waals surface area contributed by atoms with Crippen LogP contribution in [-0.4, -0.2) is 56.6 Å². The summed E-state index contributed by atoms with van der Waals surface area (Å²) in [6.07, 6.45) is 3.53. The molecule has 1 atom stereocenters. The van der Waals surface area contributed by atoms with E-state index in [9.17, 15) is 4.79 Å². The van der Waals surface area contributed by atoms with Gasteiger partial charge >= 0.3 is 0 Å². The molecule has 34 heavy (non-hydrogen) atoms. The highest BCUT2D eigenvalue weighted by molar-refractivity contribution is 14.0. The number of ether oxygens (including phenoxy) is 1. The first-order valence-corrected chi connectivity index (χ1v) is 11.9. The number of hydrogen-bond donors (Lipinski definition) is 2. The fraction of sp³-hybridized carbons (Fsp3) is 0.462. The number of halogens is 1. The Hall–Kier alpha value is -2.49. The Balaban J connectivity index is 0.00000324. The molecule has 1 saturated heterocycles. The van der Waals surface area contributed by atoms with Gasteiger partial charge in [-0.1, -0.05) is 36.4 Å². The van der Waals surface area contributed by atoms with E-state index >= 15 is 0 Å². The molecule has 0 spiro atoms. The Bertz CT molecular complexity index is 958. The lowest BCUT2D eigenvalue weighted by molar-refractivity contribution is -0.131. The number of anilines is 1. The van der Waals surface area contributed by atoms with Crippen molar-refractivity contribution in [1.29, 1.82) is 0 Å². The summed E-state index contributed by atoms with van der Waals surface area (Å²) in [5, 5.41) is 6.94. The van der Waals surface area contributed by atoms with Gasteiger partial charge < -0.3 is 25.2 Å². The van der Waals surface area contributed by atoms with Crippen LogP contribution in [0.5, 0.6) is 5.75 Å². The van der Waals surface area contributed by atoms with Crippen LogP contribution in [0.15, 0.2) is 53.5 Å². The van der Waals surface area contributed by atoms with Crippen molar-refractivity contribution in [3.8, 4) is 5.75 Å². The van der Waals surface area contributed by atoms with E-state index in [2.05, 4.69) is 44.8 Å². The Morgan fingerprint density at radius 3 is 2.53 bits per heavy atom. The van der Waals surface area contributed by atoms with E-state index in [1.807, 2.05) is 29.2 Å². The summed E-state index contributed by atoms with van der Waals surface area (Å²) in [7, 11) is 3.51. The van der Waals surface area contributed by atoms with Gasteiger partial charge in [-0.15, -0.1) is 24.0 Å². The molecule has 1 amide bonds. The molecule has 8 heteroatoms. The standard InChI is InChI=1S/C26H35N5O2.HI/c1-27-26(28-15-7-14-25(32)31-17-20-9-3-4-10-21(20)18-31)29-22-11-8-16-30(19-22)23-12-5-6-13-24(23)33-2;/h3-6,9-10,12-13,22H,7-8,11,14-19H2,1-2H3,(H2,27,28,29);1H. The topological polar surface area (TPSA) is 69.2 Å². The molecule has 2 N–H and O–H groups in total. The Kier molecular flexibility index (Phi) is 9.86. The molecule has 0 radical (unpaired) electrons. The third-order valence-electron chi connectivity index (χ3n) is 6.47. The first kappa shape index (κ1) is 26.1. The normalized spacial score (nSPS) is 17.6. The molecule has 2 aromatic carbocycles. The highest BCUT2D eigenvalue weighted by Crippen LogP contribution is 2.30. The molecule has 1 unspecified atom stereocenters. The van der Waals surface area contributed by atoms with Gasteiger partial charge in [0.2, 0.25) is 5.91 Å². The summed E-state index contributed by atoms with van der Waals surface area (Å²) in [4.78, 5) is 21.3. The van der Waals surface area contributed by atoms with Gasteiger partial charge in [-0.3, -0.25) is 9.79 Å². The predicted octanol–water partition coefficient (Wildman–Crippen LogP) is 3.77. The monoisotopic (exact) mass is 577 g/mol. The molecule has 2 aromatic rings. The number of para-hydroxylation sites is 2. The molecule has 2 heterocycles. The fourth-order valence-electron chi connectivity index (χ4n) is 4.71. The van der Waals surface area contributed by atoms with Crippen LogP contribution in [0.25, 0.3) is 0 Å². The minimum Gasteiger partial charge on any atom is -0.495 e. The predicted molar refractivity (Wildman–Crippen MR) is 148 cm³/mol. The smallest absolute Gasteiger partial charge is 0.223 e. The largest absolute Gasteiger partial charge is 0.495 e. The molecule has 2 aliphatic heterocycles. The van der Waals surface area contributed by atoms with E-state index in [4.69, 9.17) is 4.74 Å². The first-order valence-electron chi connectivity index (χ1n) is 11.9. The number of fused-ring (bicyclic) bond motifs is 1. The first-order chi connectivity index (χ1) is 16.2. The maximum Gasteiger partial charge on any atom is 0.223 e. The van der Waals surface area contributed by atoms with E-state index in [0.717, 1.165) is 69.4 Å². The molecular formula is C26H36IN5O2. The summed E-state index contributed by atoms with van der Waals surface area (Å²) in [5.74, 6) is 1.92. The Labute approximate surface area is 220 Å². The molecule has 184 valence electrons. The number of nitrogens with one attached hydrogen (secondary N) is 2. The number of piperidine rings is 1. The number of aliphatic imine (C=N–C) groups is 1. The van der Waals surface area contributed by atoms with Crippen LogP contribution in [0.3, 0.4) is 0 Å². The van der Waals surface area contributed by atoms with Gasteiger partial charge in [-0.05, 0) is 42.5 Å². The van der Waals surface area contributed by atoms with E-state index in [-0.39, 0.29) is 29.9 Å². The van der Waals surface area contributed by atoms with Gasteiger partial charge in [0.15, 0.2) is 5.96 Å². The van der Waals surface area contributed by atoms with Crippen molar-refractivity contribution in [2.75, 3.05) is 38.7 Å². The Morgan fingerprint density at radius 2 is 1.82 bits per heavy atom. The van der Waals surface area contributed by atoms with E-state index in [1.54, 1.807) is 14.2 Å². The van der Waals surface area contributed by atoms with E-state index in [1.165, 1.54) is 11.1 Å². The molecule has 0 aromatic heterocycles. The van der Waals surface area contributed by atoms with Crippen molar-refractivity contribution in [3.63, 3.8) is 0 Å². The minimum absolute atomic E-state index is 0. The third-order valence-corrected chi connectivity index (χ3v) is 6.47. The second kappa shape index (κ2) is 12.8. The summed E-state index contributed by atoms with van der Waals surface area (Å²) in [5.41, 5.74) is 3.67. The zero-order valence-corrected chi connectivity index (χ0v) is 22.5. The van der Waals surface area contributed by atoms with Gasteiger partial charge in [-0.25, -0.2) is 0 Å². The zero-order chi connectivity index (χ0) is 23.0. The van der Waals surface area contributed by atoms with Crippen LogP contribution in [-0.2, 0) is 17.9 Å². The molecule has 4 rings (SSSR count). The highest BCUT2D eigenvalue weighted by Gasteiger charge is 2.24. The SMILES string of the molecule is CN=C(NCCCC(=O)N1Cc2ccccc2C1)NC1CCCN(c2ccccc2OC)C1.I. The van der Waals surface area contributed by atoms with Crippen molar-refractivity contribution in [3.05, 3.63) is 59.7 Å². The van der Waals surface area contributed by atoms with Crippen LogP contribution < -0.4 is 20.3 Å². The number of hydrogen-bond acceptors (Lipinski definition) is 4. The van der Waals surface area contributed by atoms with Crippen molar-refractivity contribution < 1.29 is 9.53 Å². The number of amides is 1. The maximum absolute atomic E-state index is 12.6. The molecule has 2 aliphatic rings. The number of carbonyl (C=O) groups excluding carboxylic acids is 1. The number of benzene rings is 2. The van der Waals surface area contributed by atoms with Crippen LogP contribution in [0.4, 0.5) is 5.69 Å². The Morgan fingerprint density at radius 1 is 1.12 bits per heavy atom. The van der Waals surface area contributed by atoms with Crippen molar-refractivity contribution in [2.45, 2.75) is 44.8 Å². The van der Waals surface area contributed by atoms with Gasteiger partial charge in [0.25, 0.3) is 0 Å². The van der Waals surface area contributed by atoms with Gasteiger partial charge in [0.05, 0.1) is 12.8 Å². The number of nitrogens with zero attached hydrogens (tertiary/aromatic N) is 3. The molecule has 0 bridgehead atoms. The molecule has 1 fully saturated rings. The zero-order valence-electron chi connectivity index (χ0n) is 20.1. The van der Waals surface area contributed by atoms with Crippen LogP contribution >= 0.6 is 24.0 Å². The van der Waals surface area contributed by atoms with Gasteiger partial charge in [-0.2, -0.15) is 0 Å². The maximum atomic E-state index is 12.6. The number of carbonyl (C=O) groups is 1. The van der Waals surface area contributed by atoms with E-state index < -0.39 is 0 Å². The summed E-state index contributed by atoms with van der Waals surface area (Å²) < 4.78 is 5.55. The van der Waals surface area contributed by atoms with Crippen LogP contribution in [0.1, 0.15) is 36.8 Å². The summed E-state index contributed by atoms with van der Waals surface area (Å²) in [6, 6.07) is 16.8. The third kappa shape index (κ3) is 6.55. The summed E-state index contributed by atoms with van der Waals surface area (Å²) >= 11 is 0. The van der Waals surface area contributed by atoms with Gasteiger partial charge in [0.1, 0.15) is 5.75 Å². The average Bonchev–Trinajstić information content (AvgIpc) is 3.30. The quantitative estimate of drug-likeness (QED) is 0.227. The molecular weight excluding hydrogens is 541 g/mol. The van der Waals surface area contributed by atoms with E-state index in [0.29, 0.717) is 12.5 Å². The lowest BCUT2D eigenvalue weighted by Crippen LogP contribution is -2.51. The van der Waals surface area contributed by atoms with Gasteiger partial charge in [0, 0.05) is 52.2 Å². The number of guanidine groups is 1. The fourth-order valence-corrected chi connectivity index (χ4v) is 4.71. The van der Waals surface area contributed by atoms with Crippen molar-refractivity contribution in [1.82, 2.24) is 15.5 Å². The molecule has 0 saturated carbocycles. The second-order valence-corrected chi connectivity index (χ2v) is 8.72. The lowest BCUT2D eigenvalue weighted by atomic mass is 10.0. The molecule has 0 aliphatic carbocycles. The van der Waals surface area contributed by atoms with Crippen molar-refractivity contribution in [2.24, 2.45) is 4.99 Å². The highest BCUT2D eigenvalue weighted by atomic mass is 127. The summed E-state index contributed by atoms with van der Waals surface area (Å²) in [6.45, 7) is 4.10. The number of rotatable bonds is 7. The number of methoxy groups -OCH3 is 1. The van der Waals surface area contributed by atoms with Crippen molar-refractivity contribution >= 4 is 41.5 Å². The van der Waals surface area contributed by atoms with Crippen LogP contribution in [0.2, 0.25) is 0 Å². The van der Waals surface area contributed by atoms with Crippen LogP contribution in [0, 0.1) is 0 Å². The second-order valence-electron chi connectivity index (χ2n) is 8.72. The minimum atomic E-state index is 0. The molecule has 7 nitrogen and oxygen atoms in total.